The molecule has 0 bridgehead atoms. The van der Waals surface area contributed by atoms with E-state index in [0.29, 0.717) is 5.69 Å². The van der Waals surface area contributed by atoms with Crippen molar-refractivity contribution in [2.24, 2.45) is 11.7 Å². The molecule has 8 nitrogen and oxygen atoms in total. The number of nitrogens with two attached hydrogens (primary N) is 1. The van der Waals surface area contributed by atoms with E-state index in [-0.39, 0.29) is 30.6 Å². The standard InChI is InChI=1S/C16H20FN7O/c17-14-3-1-2-11(21-14)16-10-4-12(19-6-13(10)22-23-16)9-5-20-24(7-9)8-15(18)25/h1-3,5,7,10,12-13,16,19,22-23H,4,6,8H2,(H2,18,25). The number of aromatic nitrogens is 3. The quantitative estimate of drug-likeness (QED) is 0.570. The molecule has 9 heteroatoms. The molecule has 2 aliphatic rings. The van der Waals surface area contributed by atoms with Crippen molar-refractivity contribution in [2.75, 3.05) is 6.54 Å². The van der Waals surface area contributed by atoms with E-state index in [4.69, 9.17) is 5.73 Å². The second-order valence-corrected chi connectivity index (χ2v) is 6.56. The number of nitrogens with one attached hydrogen (secondary N) is 3. The van der Waals surface area contributed by atoms with Gasteiger partial charge in [-0.2, -0.15) is 9.49 Å². The first-order chi connectivity index (χ1) is 12.1. The molecule has 2 fully saturated rings. The third kappa shape index (κ3) is 3.26. The van der Waals surface area contributed by atoms with Crippen LogP contribution in [-0.4, -0.2) is 33.3 Å². The Hall–Kier alpha value is -2.36. The highest BCUT2D eigenvalue weighted by Crippen LogP contribution is 2.37. The van der Waals surface area contributed by atoms with Gasteiger partial charge in [0.2, 0.25) is 11.9 Å². The minimum absolute atomic E-state index is 0.0500. The maximum absolute atomic E-state index is 13.5. The summed E-state index contributed by atoms with van der Waals surface area (Å²) in [6, 6.07) is 5.17. The van der Waals surface area contributed by atoms with Gasteiger partial charge in [0.1, 0.15) is 6.54 Å². The molecule has 1 amide bonds. The van der Waals surface area contributed by atoms with E-state index in [9.17, 15) is 9.18 Å². The number of carbonyl (C=O) groups is 1. The Morgan fingerprint density at radius 1 is 1.40 bits per heavy atom. The molecule has 0 saturated carbocycles. The Morgan fingerprint density at radius 3 is 3.08 bits per heavy atom. The summed E-state index contributed by atoms with van der Waals surface area (Å²) in [4.78, 5) is 15.0. The predicted molar refractivity (Wildman–Crippen MR) is 87.3 cm³/mol. The van der Waals surface area contributed by atoms with E-state index in [1.165, 1.54) is 6.07 Å². The van der Waals surface area contributed by atoms with Gasteiger partial charge in [0.05, 0.1) is 17.9 Å². The van der Waals surface area contributed by atoms with Gasteiger partial charge in [-0.15, -0.1) is 0 Å². The third-order valence-electron chi connectivity index (χ3n) is 4.89. The molecule has 2 aliphatic heterocycles. The van der Waals surface area contributed by atoms with Crippen LogP contribution in [-0.2, 0) is 11.3 Å². The molecule has 2 aromatic heterocycles. The van der Waals surface area contributed by atoms with Gasteiger partial charge in [-0.3, -0.25) is 14.9 Å². The zero-order chi connectivity index (χ0) is 17.4. The van der Waals surface area contributed by atoms with Crippen molar-refractivity contribution in [1.82, 2.24) is 30.9 Å². The Bertz CT molecular complexity index is 779. The summed E-state index contributed by atoms with van der Waals surface area (Å²) in [7, 11) is 0. The molecule has 4 atom stereocenters. The van der Waals surface area contributed by atoms with Gasteiger partial charge in [-0.1, -0.05) is 6.07 Å². The number of rotatable bonds is 4. The molecule has 0 spiro atoms. The van der Waals surface area contributed by atoms with Crippen LogP contribution in [0.15, 0.2) is 30.6 Å². The maximum Gasteiger partial charge on any atom is 0.239 e. The molecule has 4 rings (SSSR count). The maximum atomic E-state index is 13.5. The number of carbonyl (C=O) groups excluding carboxylic acids is 1. The van der Waals surface area contributed by atoms with Crippen LogP contribution >= 0.6 is 0 Å². The fourth-order valence-electron chi connectivity index (χ4n) is 3.72. The van der Waals surface area contributed by atoms with E-state index >= 15 is 0 Å². The summed E-state index contributed by atoms with van der Waals surface area (Å²) in [5.41, 5.74) is 13.4. The highest BCUT2D eigenvalue weighted by Gasteiger charge is 2.42. The average molecular weight is 345 g/mol. The number of amides is 1. The first-order valence-corrected chi connectivity index (χ1v) is 8.27. The van der Waals surface area contributed by atoms with Crippen molar-refractivity contribution in [2.45, 2.75) is 31.1 Å². The lowest BCUT2D eigenvalue weighted by Gasteiger charge is -2.33. The highest BCUT2D eigenvalue weighted by atomic mass is 19.1. The highest BCUT2D eigenvalue weighted by molar-refractivity contribution is 5.73. The lowest BCUT2D eigenvalue weighted by atomic mass is 9.82. The molecule has 4 unspecified atom stereocenters. The Balaban J connectivity index is 1.51. The molecule has 25 heavy (non-hydrogen) atoms. The minimum Gasteiger partial charge on any atom is -0.368 e. The first kappa shape index (κ1) is 16.1. The number of halogens is 1. The number of hydrogen-bond acceptors (Lipinski definition) is 6. The second-order valence-electron chi connectivity index (χ2n) is 6.56. The van der Waals surface area contributed by atoms with Crippen LogP contribution in [0.5, 0.6) is 0 Å². The van der Waals surface area contributed by atoms with Crippen LogP contribution in [0.3, 0.4) is 0 Å². The Morgan fingerprint density at radius 2 is 2.28 bits per heavy atom. The van der Waals surface area contributed by atoms with Crippen molar-refractivity contribution in [1.29, 1.82) is 0 Å². The molecular formula is C16H20FN7O. The van der Waals surface area contributed by atoms with Gasteiger partial charge in [-0.05, 0) is 18.6 Å². The fourth-order valence-corrected chi connectivity index (χ4v) is 3.72. The zero-order valence-corrected chi connectivity index (χ0v) is 13.5. The van der Waals surface area contributed by atoms with Gasteiger partial charge in [0.15, 0.2) is 0 Å². The summed E-state index contributed by atoms with van der Waals surface area (Å²) in [5.74, 6) is -0.631. The summed E-state index contributed by atoms with van der Waals surface area (Å²) >= 11 is 0. The summed E-state index contributed by atoms with van der Waals surface area (Å²) < 4.78 is 15.0. The van der Waals surface area contributed by atoms with E-state index in [1.54, 1.807) is 16.9 Å². The summed E-state index contributed by atoms with van der Waals surface area (Å²) in [5, 5.41) is 7.68. The van der Waals surface area contributed by atoms with E-state index in [0.717, 1.165) is 18.5 Å². The van der Waals surface area contributed by atoms with Gasteiger partial charge in [0.25, 0.3) is 0 Å². The molecule has 2 saturated heterocycles. The number of nitrogens with zero attached hydrogens (tertiary/aromatic N) is 3. The zero-order valence-electron chi connectivity index (χ0n) is 13.5. The number of hydrazine groups is 1. The lowest BCUT2D eigenvalue weighted by molar-refractivity contribution is -0.118. The first-order valence-electron chi connectivity index (χ1n) is 8.27. The summed E-state index contributed by atoms with van der Waals surface area (Å²) in [6.45, 7) is 0.840. The topological polar surface area (TPSA) is 110 Å². The molecule has 0 radical (unpaired) electrons. The number of piperidine rings is 1. The molecule has 4 heterocycles. The monoisotopic (exact) mass is 345 g/mol. The van der Waals surface area contributed by atoms with Crippen LogP contribution in [0.2, 0.25) is 0 Å². The van der Waals surface area contributed by atoms with Crippen LogP contribution in [0.4, 0.5) is 4.39 Å². The SMILES string of the molecule is NC(=O)Cn1cc(C2CC3C(CN2)NNC3c2cccc(F)n2)cn1. The van der Waals surface area contributed by atoms with E-state index in [1.807, 2.05) is 12.3 Å². The van der Waals surface area contributed by atoms with Gasteiger partial charge >= 0.3 is 0 Å². The van der Waals surface area contributed by atoms with Crippen molar-refractivity contribution in [3.8, 4) is 0 Å². The van der Waals surface area contributed by atoms with Crippen molar-refractivity contribution in [3.63, 3.8) is 0 Å². The third-order valence-corrected chi connectivity index (χ3v) is 4.89. The number of pyridine rings is 1. The lowest BCUT2D eigenvalue weighted by Crippen LogP contribution is -2.46. The van der Waals surface area contributed by atoms with Crippen LogP contribution in [0.1, 0.15) is 29.8 Å². The summed E-state index contributed by atoms with van der Waals surface area (Å²) in [6.07, 6.45) is 4.44. The molecule has 132 valence electrons. The fraction of sp³-hybridized carbons (Fsp3) is 0.438. The largest absolute Gasteiger partial charge is 0.368 e. The normalized spacial score (nSPS) is 28.7. The van der Waals surface area contributed by atoms with E-state index in [2.05, 4.69) is 26.3 Å². The van der Waals surface area contributed by atoms with Gasteiger partial charge in [0, 0.05) is 36.3 Å². The van der Waals surface area contributed by atoms with Crippen LogP contribution in [0.25, 0.3) is 0 Å². The minimum atomic E-state index is -0.471. The van der Waals surface area contributed by atoms with Crippen molar-refractivity contribution >= 4 is 5.91 Å². The molecule has 2 aromatic rings. The molecule has 0 aromatic carbocycles. The van der Waals surface area contributed by atoms with Crippen LogP contribution < -0.4 is 21.9 Å². The van der Waals surface area contributed by atoms with E-state index < -0.39 is 11.9 Å². The Kier molecular flexibility index (Phi) is 4.20. The van der Waals surface area contributed by atoms with Gasteiger partial charge < -0.3 is 11.1 Å². The van der Waals surface area contributed by atoms with Crippen molar-refractivity contribution < 1.29 is 9.18 Å². The smallest absolute Gasteiger partial charge is 0.239 e. The molecule has 0 aliphatic carbocycles. The molecular weight excluding hydrogens is 325 g/mol. The molecule has 5 N–H and O–H groups in total. The number of primary amides is 1. The number of fused-ring (bicyclic) bond motifs is 1. The average Bonchev–Trinajstić information content (AvgIpc) is 3.20. The Labute approximate surface area is 144 Å². The number of hydrogen-bond donors (Lipinski definition) is 4. The van der Waals surface area contributed by atoms with Crippen molar-refractivity contribution in [3.05, 3.63) is 47.8 Å². The van der Waals surface area contributed by atoms with Crippen LogP contribution in [0, 0.1) is 11.9 Å². The second kappa shape index (κ2) is 6.51. The van der Waals surface area contributed by atoms with Gasteiger partial charge in [-0.25, -0.2) is 10.4 Å². The predicted octanol–water partition coefficient (Wildman–Crippen LogP) is -0.229.